The number of hydrogen-bond donors (Lipinski definition) is 1. The van der Waals surface area contributed by atoms with Gasteiger partial charge in [0, 0.05) is 10.9 Å². The number of rotatable bonds is 4. The van der Waals surface area contributed by atoms with Crippen LogP contribution in [0.1, 0.15) is 33.7 Å². The number of benzene rings is 1. The quantitative estimate of drug-likeness (QED) is 0.362. The molecule has 1 aliphatic carbocycles. The van der Waals surface area contributed by atoms with E-state index in [0.29, 0.717) is 16.7 Å². The highest BCUT2D eigenvalue weighted by molar-refractivity contribution is 7.98. The van der Waals surface area contributed by atoms with Gasteiger partial charge in [-0.2, -0.15) is 0 Å². The van der Waals surface area contributed by atoms with Gasteiger partial charge in [0.2, 0.25) is 5.43 Å². The van der Waals surface area contributed by atoms with Gasteiger partial charge in [0.05, 0.1) is 16.8 Å². The predicted octanol–water partition coefficient (Wildman–Crippen LogP) is 4.50. The Morgan fingerprint density at radius 3 is 2.84 bits per heavy atom. The maximum atomic E-state index is 13.7. The summed E-state index contributed by atoms with van der Waals surface area (Å²) in [6.07, 6.45) is 4.04. The lowest BCUT2D eigenvalue weighted by Gasteiger charge is -2.15. The van der Waals surface area contributed by atoms with Gasteiger partial charge in [-0.3, -0.25) is 14.2 Å². The molecule has 0 bridgehead atoms. The van der Waals surface area contributed by atoms with Crippen molar-refractivity contribution in [3.8, 4) is 11.4 Å². The van der Waals surface area contributed by atoms with Gasteiger partial charge >= 0.3 is 0 Å². The minimum absolute atomic E-state index is 0.0500. The molecule has 158 valence electrons. The van der Waals surface area contributed by atoms with Gasteiger partial charge in [-0.15, -0.1) is 11.3 Å². The fraction of sp³-hybridized carbons (Fsp3) is 0.261. The van der Waals surface area contributed by atoms with Crippen LogP contribution in [-0.2, 0) is 18.6 Å². The molecule has 5 rings (SSSR count). The number of fused-ring (bicyclic) bond motifs is 3. The second-order valence-corrected chi connectivity index (χ2v) is 9.77. The van der Waals surface area contributed by atoms with Crippen molar-refractivity contribution in [3.05, 3.63) is 78.4 Å². The van der Waals surface area contributed by atoms with E-state index in [1.165, 1.54) is 22.7 Å². The van der Waals surface area contributed by atoms with E-state index in [2.05, 4.69) is 6.07 Å². The largest absolute Gasteiger partial charge is 0.502 e. The highest BCUT2D eigenvalue weighted by Crippen LogP contribution is 2.36. The highest BCUT2D eigenvalue weighted by atomic mass is 32.2. The van der Waals surface area contributed by atoms with E-state index in [1.54, 1.807) is 15.9 Å². The zero-order valence-corrected chi connectivity index (χ0v) is 18.7. The molecule has 0 fully saturated rings. The monoisotopic (exact) mass is 452 g/mol. The average molecular weight is 453 g/mol. The third-order valence-corrected chi connectivity index (χ3v) is 7.66. The Labute approximate surface area is 186 Å². The van der Waals surface area contributed by atoms with Gasteiger partial charge in [-0.25, -0.2) is 4.98 Å². The van der Waals surface area contributed by atoms with E-state index in [-0.39, 0.29) is 5.56 Å². The molecule has 0 amide bonds. The Bertz CT molecular complexity index is 1450. The molecular weight excluding hydrogens is 432 g/mol. The molecule has 0 spiro atoms. The Morgan fingerprint density at radius 1 is 1.23 bits per heavy atom. The van der Waals surface area contributed by atoms with E-state index in [4.69, 9.17) is 9.40 Å². The lowest BCUT2D eigenvalue weighted by Crippen LogP contribution is -2.22. The third-order valence-electron chi connectivity index (χ3n) is 5.51. The number of thiophene rings is 1. The molecule has 0 radical (unpaired) electrons. The number of hydrogen-bond acceptors (Lipinski definition) is 7. The molecule has 3 heterocycles. The molecule has 3 aromatic heterocycles. The lowest BCUT2D eigenvalue weighted by molar-refractivity contribution is 0.419. The number of thioether (sulfide) groups is 1. The average Bonchev–Trinajstić information content (AvgIpc) is 3.31. The molecule has 8 heteroatoms. The fourth-order valence-corrected chi connectivity index (χ4v) is 6.24. The number of nitrogens with zero attached hydrogens (tertiary/aromatic N) is 2. The topological polar surface area (TPSA) is 85.3 Å². The van der Waals surface area contributed by atoms with Crippen LogP contribution in [0.5, 0.6) is 5.75 Å². The summed E-state index contributed by atoms with van der Waals surface area (Å²) in [4.78, 5) is 32.4. The normalized spacial score (nSPS) is 13.1. The van der Waals surface area contributed by atoms with Gasteiger partial charge in [0.1, 0.15) is 16.9 Å². The third kappa shape index (κ3) is 3.49. The summed E-state index contributed by atoms with van der Waals surface area (Å²) >= 11 is 2.94. The Balaban J connectivity index is 1.67. The molecule has 0 atom stereocenters. The number of aromatic hydroxyl groups is 1. The Kier molecular flexibility index (Phi) is 4.98. The minimum Gasteiger partial charge on any atom is -0.502 e. The van der Waals surface area contributed by atoms with Crippen molar-refractivity contribution >= 4 is 33.3 Å². The van der Waals surface area contributed by atoms with E-state index < -0.39 is 11.2 Å². The fourth-order valence-electron chi connectivity index (χ4n) is 4.05. The smallest absolute Gasteiger partial charge is 0.267 e. The SMILES string of the molecule is Cc1ccc(-n2c(SCc3cc(=O)c(O)co3)nc3sc4c(c3c2=O)CCC4)c(C)c1. The molecule has 6 nitrogen and oxygen atoms in total. The summed E-state index contributed by atoms with van der Waals surface area (Å²) in [5.41, 5.74) is 3.53. The first kappa shape index (κ1) is 20.1. The summed E-state index contributed by atoms with van der Waals surface area (Å²) in [6.45, 7) is 4.01. The van der Waals surface area contributed by atoms with Crippen LogP contribution in [0.2, 0.25) is 0 Å². The van der Waals surface area contributed by atoms with E-state index in [0.717, 1.165) is 58.1 Å². The van der Waals surface area contributed by atoms with Crippen LogP contribution in [0.25, 0.3) is 15.9 Å². The van der Waals surface area contributed by atoms with Gasteiger partial charge in [-0.05, 0) is 50.3 Å². The maximum absolute atomic E-state index is 13.7. The first-order valence-corrected chi connectivity index (χ1v) is 11.8. The molecule has 0 aliphatic heterocycles. The summed E-state index contributed by atoms with van der Waals surface area (Å²) in [6, 6.07) is 7.26. The van der Waals surface area contributed by atoms with Gasteiger partial charge in [0.15, 0.2) is 10.9 Å². The maximum Gasteiger partial charge on any atom is 0.267 e. The van der Waals surface area contributed by atoms with Crippen molar-refractivity contribution in [2.24, 2.45) is 0 Å². The molecular formula is C23H20N2O4S2. The van der Waals surface area contributed by atoms with Crippen LogP contribution in [0.3, 0.4) is 0 Å². The summed E-state index contributed by atoms with van der Waals surface area (Å²) < 4.78 is 7.02. The lowest BCUT2D eigenvalue weighted by atomic mass is 10.1. The van der Waals surface area contributed by atoms with Crippen LogP contribution < -0.4 is 11.0 Å². The molecule has 1 N–H and O–H groups in total. The van der Waals surface area contributed by atoms with Gasteiger partial charge < -0.3 is 9.52 Å². The zero-order valence-electron chi connectivity index (χ0n) is 17.1. The molecule has 1 aliphatic rings. The zero-order chi connectivity index (χ0) is 21.7. The van der Waals surface area contributed by atoms with Crippen molar-refractivity contribution in [2.45, 2.75) is 44.0 Å². The van der Waals surface area contributed by atoms with Gasteiger partial charge in [-0.1, -0.05) is 29.5 Å². The second-order valence-electron chi connectivity index (χ2n) is 7.75. The van der Waals surface area contributed by atoms with Crippen LogP contribution in [0.4, 0.5) is 0 Å². The second kappa shape index (κ2) is 7.69. The Morgan fingerprint density at radius 2 is 2.06 bits per heavy atom. The van der Waals surface area contributed by atoms with E-state index in [9.17, 15) is 14.7 Å². The van der Waals surface area contributed by atoms with Crippen LogP contribution in [-0.4, -0.2) is 14.7 Å². The molecule has 0 saturated heterocycles. The summed E-state index contributed by atoms with van der Waals surface area (Å²) in [5.74, 6) is 0.292. The van der Waals surface area contributed by atoms with Crippen molar-refractivity contribution in [1.29, 1.82) is 0 Å². The van der Waals surface area contributed by atoms with Crippen molar-refractivity contribution in [3.63, 3.8) is 0 Å². The van der Waals surface area contributed by atoms with Crippen LogP contribution in [0, 0.1) is 13.8 Å². The van der Waals surface area contributed by atoms with E-state index in [1.807, 2.05) is 26.0 Å². The number of aryl methyl sites for hydroxylation is 4. The highest BCUT2D eigenvalue weighted by Gasteiger charge is 2.24. The minimum atomic E-state index is -0.494. The molecule has 0 saturated carbocycles. The first-order valence-electron chi connectivity index (χ1n) is 10.0. The molecule has 0 unspecified atom stereocenters. The van der Waals surface area contributed by atoms with Crippen molar-refractivity contribution < 1.29 is 9.52 Å². The predicted molar refractivity (Wildman–Crippen MR) is 123 cm³/mol. The van der Waals surface area contributed by atoms with Crippen LogP contribution in [0.15, 0.2) is 49.7 Å². The Hall–Kier alpha value is -2.84. The van der Waals surface area contributed by atoms with Crippen LogP contribution >= 0.6 is 23.1 Å². The summed E-state index contributed by atoms with van der Waals surface area (Å²) in [7, 11) is 0. The number of aromatic nitrogens is 2. The molecule has 31 heavy (non-hydrogen) atoms. The van der Waals surface area contributed by atoms with Gasteiger partial charge in [0.25, 0.3) is 5.56 Å². The van der Waals surface area contributed by atoms with E-state index >= 15 is 0 Å². The van der Waals surface area contributed by atoms with Crippen molar-refractivity contribution in [1.82, 2.24) is 9.55 Å². The standard InChI is InChI=1S/C23H20N2O4S2/c1-12-6-7-16(13(2)8-12)25-22(28)20-15-4-3-5-19(15)31-21(20)24-23(25)30-11-14-9-17(26)18(27)10-29-14/h6-10,27H,3-5,11H2,1-2H3. The molecule has 1 aromatic carbocycles. The molecule has 4 aromatic rings. The van der Waals surface area contributed by atoms with Crippen molar-refractivity contribution in [2.75, 3.05) is 0 Å². The summed E-state index contributed by atoms with van der Waals surface area (Å²) in [5, 5.41) is 10.7. The first-order chi connectivity index (χ1) is 14.9.